The lowest BCUT2D eigenvalue weighted by atomic mass is 9.93. The smallest absolute Gasteiger partial charge is 0.237 e. The Morgan fingerprint density at radius 3 is 2.25 bits per heavy atom. The standard InChI is InChI=1S/C15H32N2O3/c1-11(2)10-19-7-8-20-13(5)9-15(6,14(16)18)17-12(3)4/h11-13,17H,7-10H2,1-6H3,(H2,16,18). The molecule has 0 spiro atoms. The Labute approximate surface area is 123 Å². The highest BCUT2D eigenvalue weighted by molar-refractivity contribution is 5.84. The van der Waals surface area contributed by atoms with Crippen LogP contribution in [0.1, 0.15) is 48.0 Å². The minimum atomic E-state index is -0.744. The van der Waals surface area contributed by atoms with E-state index < -0.39 is 5.54 Å². The highest BCUT2D eigenvalue weighted by Crippen LogP contribution is 2.15. The lowest BCUT2D eigenvalue weighted by Crippen LogP contribution is -2.57. The molecule has 5 heteroatoms. The van der Waals surface area contributed by atoms with Crippen LogP contribution in [0.15, 0.2) is 0 Å². The Kier molecular flexibility index (Phi) is 9.01. The van der Waals surface area contributed by atoms with Crippen LogP contribution in [0.2, 0.25) is 0 Å². The molecule has 20 heavy (non-hydrogen) atoms. The van der Waals surface area contributed by atoms with Crippen molar-refractivity contribution in [2.75, 3.05) is 19.8 Å². The largest absolute Gasteiger partial charge is 0.379 e. The van der Waals surface area contributed by atoms with Gasteiger partial charge in [-0.05, 0) is 33.6 Å². The van der Waals surface area contributed by atoms with Crippen molar-refractivity contribution in [2.45, 2.75) is 65.6 Å². The van der Waals surface area contributed by atoms with Crippen LogP contribution >= 0.6 is 0 Å². The summed E-state index contributed by atoms with van der Waals surface area (Å²) in [6.07, 6.45) is 0.492. The molecule has 0 radical (unpaired) electrons. The Bertz CT molecular complexity index is 282. The number of amides is 1. The molecule has 0 heterocycles. The number of hydrogen-bond acceptors (Lipinski definition) is 4. The fraction of sp³-hybridized carbons (Fsp3) is 0.933. The Balaban J connectivity index is 4.08. The molecule has 0 saturated heterocycles. The number of ether oxygens (including phenoxy) is 2. The molecule has 0 aliphatic rings. The fourth-order valence-corrected chi connectivity index (χ4v) is 2.13. The minimum absolute atomic E-state index is 0.0543. The summed E-state index contributed by atoms with van der Waals surface area (Å²) in [6, 6.07) is 0.189. The lowest BCUT2D eigenvalue weighted by molar-refractivity contribution is -0.125. The van der Waals surface area contributed by atoms with Crippen LogP contribution in [-0.4, -0.2) is 43.4 Å². The second-order valence-electron chi connectivity index (χ2n) is 6.35. The molecule has 2 unspecified atom stereocenters. The summed E-state index contributed by atoms with van der Waals surface area (Å²) in [4.78, 5) is 11.6. The van der Waals surface area contributed by atoms with E-state index >= 15 is 0 Å². The van der Waals surface area contributed by atoms with E-state index in [1.807, 2.05) is 27.7 Å². The highest BCUT2D eigenvalue weighted by Gasteiger charge is 2.33. The summed E-state index contributed by atoms with van der Waals surface area (Å²) >= 11 is 0. The molecule has 0 aliphatic carbocycles. The molecule has 2 atom stereocenters. The van der Waals surface area contributed by atoms with Crippen LogP contribution in [0.25, 0.3) is 0 Å². The first-order valence-electron chi connectivity index (χ1n) is 7.44. The van der Waals surface area contributed by atoms with Gasteiger partial charge in [0.2, 0.25) is 5.91 Å². The number of nitrogens with two attached hydrogens (primary N) is 1. The van der Waals surface area contributed by atoms with E-state index in [9.17, 15) is 4.79 Å². The summed E-state index contributed by atoms with van der Waals surface area (Å²) in [7, 11) is 0. The third-order valence-corrected chi connectivity index (χ3v) is 2.93. The maximum Gasteiger partial charge on any atom is 0.237 e. The number of rotatable bonds is 11. The van der Waals surface area contributed by atoms with Gasteiger partial charge < -0.3 is 20.5 Å². The van der Waals surface area contributed by atoms with Crippen LogP contribution in [-0.2, 0) is 14.3 Å². The number of nitrogens with one attached hydrogen (secondary N) is 1. The summed E-state index contributed by atoms with van der Waals surface area (Å²) < 4.78 is 11.1. The molecule has 5 nitrogen and oxygen atoms in total. The van der Waals surface area contributed by atoms with Gasteiger partial charge in [-0.2, -0.15) is 0 Å². The van der Waals surface area contributed by atoms with E-state index in [-0.39, 0.29) is 18.1 Å². The highest BCUT2D eigenvalue weighted by atomic mass is 16.5. The molecule has 120 valence electrons. The third-order valence-electron chi connectivity index (χ3n) is 2.93. The maximum absolute atomic E-state index is 11.6. The Hall–Kier alpha value is -0.650. The van der Waals surface area contributed by atoms with Gasteiger partial charge in [0.05, 0.1) is 24.9 Å². The Morgan fingerprint density at radius 2 is 1.80 bits per heavy atom. The number of hydrogen-bond donors (Lipinski definition) is 2. The third kappa shape index (κ3) is 8.51. The molecule has 0 saturated carbocycles. The van der Waals surface area contributed by atoms with E-state index in [0.29, 0.717) is 25.6 Å². The van der Waals surface area contributed by atoms with Crippen LogP contribution in [0.5, 0.6) is 0 Å². The fourth-order valence-electron chi connectivity index (χ4n) is 2.13. The zero-order valence-electron chi connectivity index (χ0n) is 13.9. The second kappa shape index (κ2) is 9.32. The van der Waals surface area contributed by atoms with E-state index in [1.54, 1.807) is 0 Å². The van der Waals surface area contributed by atoms with Crippen LogP contribution in [0.4, 0.5) is 0 Å². The van der Waals surface area contributed by atoms with Gasteiger partial charge in [-0.15, -0.1) is 0 Å². The summed E-state index contributed by atoms with van der Waals surface area (Å²) in [6.45, 7) is 13.8. The number of carbonyl (C=O) groups excluding carboxylic acids is 1. The normalized spacial score (nSPS) is 16.4. The van der Waals surface area contributed by atoms with Gasteiger partial charge in [0.25, 0.3) is 0 Å². The quantitative estimate of drug-likeness (QED) is 0.568. The number of primary amides is 1. The molecule has 3 N–H and O–H groups in total. The average Bonchev–Trinajstić information content (AvgIpc) is 2.26. The first-order chi connectivity index (χ1) is 9.17. The molecule has 1 amide bonds. The van der Waals surface area contributed by atoms with Crippen molar-refractivity contribution in [2.24, 2.45) is 11.7 Å². The lowest BCUT2D eigenvalue weighted by Gasteiger charge is -2.32. The second-order valence-corrected chi connectivity index (χ2v) is 6.35. The van der Waals surface area contributed by atoms with E-state index in [0.717, 1.165) is 6.61 Å². The molecule has 0 rings (SSSR count). The average molecular weight is 288 g/mol. The molecule has 0 bridgehead atoms. The van der Waals surface area contributed by atoms with Gasteiger partial charge in [-0.1, -0.05) is 13.8 Å². The van der Waals surface area contributed by atoms with Crippen molar-refractivity contribution >= 4 is 5.91 Å². The van der Waals surface area contributed by atoms with E-state index in [2.05, 4.69) is 19.2 Å². The first-order valence-corrected chi connectivity index (χ1v) is 7.44. The van der Waals surface area contributed by atoms with Crippen molar-refractivity contribution in [1.29, 1.82) is 0 Å². The monoisotopic (exact) mass is 288 g/mol. The molecular formula is C15H32N2O3. The van der Waals surface area contributed by atoms with Gasteiger partial charge in [0, 0.05) is 19.1 Å². The molecular weight excluding hydrogens is 256 g/mol. The van der Waals surface area contributed by atoms with Crippen LogP contribution < -0.4 is 11.1 Å². The summed E-state index contributed by atoms with van der Waals surface area (Å²) in [5, 5.41) is 3.22. The molecule has 0 aromatic carbocycles. The number of carbonyl (C=O) groups is 1. The Morgan fingerprint density at radius 1 is 1.20 bits per heavy atom. The van der Waals surface area contributed by atoms with Gasteiger partial charge in [0.15, 0.2) is 0 Å². The molecule has 0 aromatic rings. The van der Waals surface area contributed by atoms with Crippen molar-refractivity contribution in [3.05, 3.63) is 0 Å². The zero-order valence-corrected chi connectivity index (χ0v) is 13.9. The first kappa shape index (κ1) is 19.4. The van der Waals surface area contributed by atoms with Crippen LogP contribution in [0.3, 0.4) is 0 Å². The van der Waals surface area contributed by atoms with Crippen molar-refractivity contribution in [1.82, 2.24) is 5.32 Å². The minimum Gasteiger partial charge on any atom is -0.379 e. The molecule has 0 aliphatic heterocycles. The van der Waals surface area contributed by atoms with Crippen molar-refractivity contribution in [3.63, 3.8) is 0 Å². The van der Waals surface area contributed by atoms with Gasteiger partial charge in [0.1, 0.15) is 0 Å². The van der Waals surface area contributed by atoms with Crippen LogP contribution in [0, 0.1) is 5.92 Å². The predicted octanol–water partition coefficient (Wildman–Crippen LogP) is 1.70. The van der Waals surface area contributed by atoms with E-state index in [1.165, 1.54) is 0 Å². The molecule has 0 aromatic heterocycles. The SMILES string of the molecule is CC(C)COCCOC(C)CC(C)(NC(C)C)C(N)=O. The topological polar surface area (TPSA) is 73.6 Å². The molecule has 0 fully saturated rings. The maximum atomic E-state index is 11.6. The zero-order chi connectivity index (χ0) is 15.8. The summed E-state index contributed by atoms with van der Waals surface area (Å²) in [5.74, 6) is 0.179. The van der Waals surface area contributed by atoms with Crippen molar-refractivity contribution < 1.29 is 14.3 Å². The van der Waals surface area contributed by atoms with Gasteiger partial charge in [-0.25, -0.2) is 0 Å². The predicted molar refractivity (Wildman–Crippen MR) is 81.6 cm³/mol. The summed E-state index contributed by atoms with van der Waals surface area (Å²) in [5.41, 5.74) is 4.75. The van der Waals surface area contributed by atoms with Gasteiger partial charge >= 0.3 is 0 Å². The van der Waals surface area contributed by atoms with Crippen molar-refractivity contribution in [3.8, 4) is 0 Å². The van der Waals surface area contributed by atoms with E-state index in [4.69, 9.17) is 15.2 Å². The van der Waals surface area contributed by atoms with Gasteiger partial charge in [-0.3, -0.25) is 4.79 Å².